The molecule has 0 unspecified atom stereocenters. The topological polar surface area (TPSA) is 86.3 Å². The Labute approximate surface area is 230 Å². The first kappa shape index (κ1) is 27.0. The van der Waals surface area contributed by atoms with Crippen LogP contribution in [0.1, 0.15) is 42.0 Å². The van der Waals surface area contributed by atoms with Crippen molar-refractivity contribution in [3.05, 3.63) is 76.9 Å². The van der Waals surface area contributed by atoms with Gasteiger partial charge in [0.1, 0.15) is 17.0 Å². The van der Waals surface area contributed by atoms with Crippen molar-refractivity contribution < 1.29 is 28.8 Å². The van der Waals surface area contributed by atoms with Gasteiger partial charge in [-0.25, -0.2) is 4.79 Å². The first-order valence-electron chi connectivity index (χ1n) is 13.5. The number of hydrogen-bond donors (Lipinski definition) is 2. The first-order chi connectivity index (χ1) is 18.9. The van der Waals surface area contributed by atoms with Gasteiger partial charge < -0.3 is 29.4 Å². The second-order valence-corrected chi connectivity index (χ2v) is 10.5. The lowest BCUT2D eigenvalue weighted by Crippen LogP contribution is -2.59. The normalized spacial score (nSPS) is 20.3. The highest BCUT2D eigenvalue weighted by atomic mass is 16.5. The number of fused-ring (bicyclic) bond motifs is 1. The Morgan fingerprint density at radius 3 is 2.15 bits per heavy atom. The molecule has 2 aliphatic carbocycles. The zero-order valence-electron chi connectivity index (χ0n) is 23.1. The van der Waals surface area contributed by atoms with Crippen molar-refractivity contribution in [2.75, 3.05) is 26.1 Å². The lowest BCUT2D eigenvalue weighted by Gasteiger charge is -2.45. The lowest BCUT2D eigenvalue weighted by atomic mass is 9.74. The van der Waals surface area contributed by atoms with E-state index >= 15 is 0 Å². The third-order valence-electron chi connectivity index (χ3n) is 8.00. The number of nitrogens with one attached hydrogen (secondary N) is 1. The number of anilines is 1. The molecule has 206 valence electrons. The number of hydrogen-bond acceptors (Lipinski definition) is 6. The van der Waals surface area contributed by atoms with Crippen molar-refractivity contribution in [1.82, 2.24) is 0 Å². The van der Waals surface area contributed by atoms with E-state index in [0.717, 1.165) is 52.3 Å². The molecule has 0 aliphatic heterocycles. The van der Waals surface area contributed by atoms with E-state index in [0.29, 0.717) is 26.1 Å². The lowest BCUT2D eigenvalue weighted by molar-refractivity contribution is -0.152. The van der Waals surface area contributed by atoms with Gasteiger partial charge in [0.2, 0.25) is 0 Å². The zero-order valence-corrected chi connectivity index (χ0v) is 23.1. The van der Waals surface area contributed by atoms with Crippen LogP contribution < -0.4 is 14.8 Å². The summed E-state index contributed by atoms with van der Waals surface area (Å²) >= 11 is 0. The maximum Gasteiger partial charge on any atom is 0.329 e. The van der Waals surface area contributed by atoms with Crippen molar-refractivity contribution in [2.24, 2.45) is 0 Å². The minimum atomic E-state index is -1.04. The molecule has 5 rings (SSSR count). The molecule has 0 aromatic heterocycles. The third-order valence-corrected chi connectivity index (χ3v) is 8.00. The molecular weight excluding hydrogens is 494 g/mol. The highest BCUT2D eigenvalue weighted by Crippen LogP contribution is 2.40. The van der Waals surface area contributed by atoms with E-state index in [1.165, 1.54) is 11.1 Å². The fourth-order valence-electron chi connectivity index (χ4n) is 5.84. The highest BCUT2D eigenvalue weighted by molar-refractivity contribution is 5.85. The summed E-state index contributed by atoms with van der Waals surface area (Å²) in [6, 6.07) is 18.4. The molecule has 0 spiro atoms. The van der Waals surface area contributed by atoms with Gasteiger partial charge in [-0.1, -0.05) is 30.3 Å². The molecule has 7 heteroatoms. The van der Waals surface area contributed by atoms with Crippen molar-refractivity contribution >= 4 is 11.7 Å². The van der Waals surface area contributed by atoms with Crippen LogP contribution in [-0.2, 0) is 33.7 Å². The second-order valence-electron chi connectivity index (χ2n) is 10.5. The Balaban J connectivity index is 1.45. The molecule has 39 heavy (non-hydrogen) atoms. The molecule has 2 N–H and O–H groups in total. The monoisotopic (exact) mass is 531 g/mol. The Hall–Kier alpha value is -3.55. The summed E-state index contributed by atoms with van der Waals surface area (Å²) in [7, 11) is 3.31. The second kappa shape index (κ2) is 11.3. The number of carboxylic acid groups (broad SMARTS) is 1. The summed E-state index contributed by atoms with van der Waals surface area (Å²) in [6.07, 6.45) is 2.68. The van der Waals surface area contributed by atoms with Gasteiger partial charge in [0.15, 0.2) is 0 Å². The fourth-order valence-corrected chi connectivity index (χ4v) is 5.84. The molecule has 1 fully saturated rings. The number of carbonyl (C=O) groups is 1. The summed E-state index contributed by atoms with van der Waals surface area (Å²) in [5.74, 6) is 0.619. The predicted octanol–water partition coefficient (Wildman–Crippen LogP) is 5.80. The maximum atomic E-state index is 12.2. The molecule has 0 heterocycles. The van der Waals surface area contributed by atoms with Crippen LogP contribution in [0.25, 0.3) is 11.1 Å². The molecule has 0 atom stereocenters. The molecular formula is C32H37NO6. The molecule has 0 saturated heterocycles. The number of benzene rings is 3. The van der Waals surface area contributed by atoms with Gasteiger partial charge in [-0.05, 0) is 78.8 Å². The van der Waals surface area contributed by atoms with Crippen molar-refractivity contribution in [3.63, 3.8) is 0 Å². The zero-order chi connectivity index (χ0) is 27.6. The number of methoxy groups -OCH3 is 2. The van der Waals surface area contributed by atoms with Crippen LogP contribution in [-0.4, -0.2) is 49.6 Å². The summed E-state index contributed by atoms with van der Waals surface area (Å²) < 4.78 is 23.4. The summed E-state index contributed by atoms with van der Waals surface area (Å²) in [5, 5.41) is 13.3. The summed E-state index contributed by atoms with van der Waals surface area (Å²) in [5.41, 5.74) is 6.20. The molecule has 0 bridgehead atoms. The quantitative estimate of drug-likeness (QED) is 0.324. The van der Waals surface area contributed by atoms with E-state index in [4.69, 9.17) is 18.9 Å². The molecule has 0 amide bonds. The fraction of sp³-hybridized carbons (Fsp3) is 0.406. The molecule has 7 nitrogen and oxygen atoms in total. The van der Waals surface area contributed by atoms with Crippen molar-refractivity contribution in [3.8, 4) is 22.6 Å². The minimum absolute atomic E-state index is 0.0443. The van der Waals surface area contributed by atoms with Crippen LogP contribution in [0.5, 0.6) is 11.5 Å². The largest absolute Gasteiger partial charge is 0.496 e. The van der Waals surface area contributed by atoms with E-state index in [1.54, 1.807) is 14.2 Å². The van der Waals surface area contributed by atoms with E-state index in [-0.39, 0.29) is 12.2 Å². The average Bonchev–Trinajstić information content (AvgIpc) is 3.34. The highest BCUT2D eigenvalue weighted by Gasteiger charge is 2.51. The van der Waals surface area contributed by atoms with Crippen molar-refractivity contribution in [1.29, 1.82) is 0 Å². The van der Waals surface area contributed by atoms with Crippen LogP contribution in [0.4, 0.5) is 5.69 Å². The van der Waals surface area contributed by atoms with Crippen LogP contribution in [0, 0.1) is 6.92 Å². The molecule has 3 aromatic rings. The summed E-state index contributed by atoms with van der Waals surface area (Å²) in [4.78, 5) is 12.2. The van der Waals surface area contributed by atoms with E-state index in [2.05, 4.69) is 29.6 Å². The summed E-state index contributed by atoms with van der Waals surface area (Å²) in [6.45, 7) is 4.86. The third kappa shape index (κ3) is 5.47. The van der Waals surface area contributed by atoms with E-state index in [9.17, 15) is 9.90 Å². The molecule has 2 aliphatic rings. The minimum Gasteiger partial charge on any atom is -0.496 e. The smallest absolute Gasteiger partial charge is 0.329 e. The van der Waals surface area contributed by atoms with Gasteiger partial charge in [-0.2, -0.15) is 0 Å². The number of aliphatic carboxylic acids is 1. The predicted molar refractivity (Wildman–Crippen MR) is 151 cm³/mol. The molecule has 0 radical (unpaired) electrons. The van der Waals surface area contributed by atoms with Crippen LogP contribution in [0.3, 0.4) is 0 Å². The van der Waals surface area contributed by atoms with Gasteiger partial charge in [-0.15, -0.1) is 0 Å². The Morgan fingerprint density at radius 2 is 1.59 bits per heavy atom. The first-order valence-corrected chi connectivity index (χ1v) is 13.5. The van der Waals surface area contributed by atoms with Gasteiger partial charge >= 0.3 is 5.97 Å². The van der Waals surface area contributed by atoms with Crippen LogP contribution in [0.15, 0.2) is 54.6 Å². The van der Waals surface area contributed by atoms with Crippen LogP contribution in [0.2, 0.25) is 0 Å². The van der Waals surface area contributed by atoms with Crippen molar-refractivity contribution in [2.45, 2.75) is 63.9 Å². The maximum absolute atomic E-state index is 12.2. The number of rotatable bonds is 11. The van der Waals surface area contributed by atoms with E-state index < -0.39 is 11.5 Å². The molecule has 1 saturated carbocycles. The van der Waals surface area contributed by atoms with E-state index in [1.807, 2.05) is 44.2 Å². The Kier molecular flexibility index (Phi) is 7.82. The SMILES string of the molecule is CCOC1CC(Nc2ccc(-c3cc(OC)c(C)c(OC)c3)c(COC3Cc4ccccc4C3)c2)(C(=O)O)C1. The number of carboxylic acids is 1. The average molecular weight is 532 g/mol. The standard InChI is InChI=1S/C32H37NO6/c1-5-38-27-17-32(18-27,31(34)35)33-25-10-11-28(23-15-29(36-3)20(2)30(16-23)37-4)24(12-25)19-39-26-13-21-8-6-7-9-22(21)14-26/h6-12,15-16,26-27,33H,5,13-14,17-19H2,1-4H3,(H,34,35). The Morgan fingerprint density at radius 1 is 0.949 bits per heavy atom. The van der Waals surface area contributed by atoms with Gasteiger partial charge in [0, 0.05) is 30.7 Å². The van der Waals surface area contributed by atoms with Gasteiger partial charge in [0.05, 0.1) is 33.0 Å². The number of ether oxygens (including phenoxy) is 4. The molecule has 3 aromatic carbocycles. The van der Waals surface area contributed by atoms with Gasteiger partial charge in [-0.3, -0.25) is 0 Å². The van der Waals surface area contributed by atoms with Gasteiger partial charge in [0.25, 0.3) is 0 Å². The Bertz CT molecular complexity index is 1300. The van der Waals surface area contributed by atoms with Crippen LogP contribution >= 0.6 is 0 Å².